The van der Waals surface area contributed by atoms with Crippen molar-refractivity contribution in [2.24, 2.45) is 13.0 Å². The minimum atomic E-state index is -3.89. The number of fused-ring (bicyclic) bond motifs is 3. The predicted molar refractivity (Wildman–Crippen MR) is 143 cm³/mol. The van der Waals surface area contributed by atoms with Crippen molar-refractivity contribution in [3.05, 3.63) is 17.1 Å². The third-order valence-corrected chi connectivity index (χ3v) is 10.5. The van der Waals surface area contributed by atoms with E-state index < -0.39 is 27.0 Å². The molecule has 2 unspecified atom stereocenters. The molecule has 2 atom stereocenters. The summed E-state index contributed by atoms with van der Waals surface area (Å²) < 4.78 is 58.2. The summed E-state index contributed by atoms with van der Waals surface area (Å²) in [6, 6.07) is 3.29. The molecule has 2 bridgehead atoms. The zero-order valence-corrected chi connectivity index (χ0v) is 23.8. The Hall–Kier alpha value is -2.71. The number of likely N-dealkylation sites (tertiary alicyclic amines) is 1. The quantitative estimate of drug-likeness (QED) is 0.454. The number of aryl methyl sites for hydroxylation is 1. The first-order valence-electron chi connectivity index (χ1n) is 13.1. The van der Waals surface area contributed by atoms with Gasteiger partial charge >= 0.3 is 0 Å². The summed E-state index contributed by atoms with van der Waals surface area (Å²) in [7, 11) is -2.13. The number of sulfonamides is 1. The Morgan fingerprint density at radius 2 is 1.82 bits per heavy atom. The van der Waals surface area contributed by atoms with Crippen LogP contribution in [0.5, 0.6) is 0 Å². The number of amides is 1. The lowest BCUT2D eigenvalue weighted by Gasteiger charge is -2.43. The third kappa shape index (κ3) is 4.59. The van der Waals surface area contributed by atoms with E-state index >= 15 is 0 Å². The summed E-state index contributed by atoms with van der Waals surface area (Å²) in [6.07, 6.45) is 0.509. The highest BCUT2D eigenvalue weighted by Crippen LogP contribution is 2.44. The number of nitrogens with zero attached hydrogens (tertiary/aromatic N) is 6. The Balaban J connectivity index is 1.50. The topological polar surface area (TPSA) is 113 Å². The second-order valence-electron chi connectivity index (χ2n) is 11.4. The van der Waals surface area contributed by atoms with Gasteiger partial charge in [0.15, 0.2) is 10.0 Å². The number of alkyl halides is 2. The van der Waals surface area contributed by atoms with E-state index in [1.807, 2.05) is 25.7 Å². The van der Waals surface area contributed by atoms with Crippen LogP contribution in [0.15, 0.2) is 17.0 Å². The lowest BCUT2D eigenvalue weighted by Crippen LogP contribution is -2.56. The van der Waals surface area contributed by atoms with Gasteiger partial charge in [-0.15, -0.1) is 10.2 Å². The zero-order chi connectivity index (χ0) is 27.9. The summed E-state index contributed by atoms with van der Waals surface area (Å²) in [5.74, 6) is 0.0134. The molecule has 3 aromatic rings. The lowest BCUT2D eigenvalue weighted by atomic mass is 10.1. The number of anilines is 1. The van der Waals surface area contributed by atoms with Gasteiger partial charge in [0, 0.05) is 49.1 Å². The first-order chi connectivity index (χ1) is 18.4. The number of carbonyl (C=O) groups excluding carboxylic acids is 1. The first kappa shape index (κ1) is 26.5. The van der Waals surface area contributed by atoms with Gasteiger partial charge in [-0.3, -0.25) is 9.48 Å². The molecule has 1 amide bonds. The van der Waals surface area contributed by atoms with Crippen molar-refractivity contribution in [2.75, 3.05) is 18.0 Å². The number of nitrogens with one attached hydrogen (secondary N) is 1. The van der Waals surface area contributed by atoms with Crippen LogP contribution in [0.4, 0.5) is 14.5 Å². The van der Waals surface area contributed by atoms with E-state index in [4.69, 9.17) is 0 Å². The highest BCUT2D eigenvalue weighted by atomic mass is 32.2. The molecule has 0 radical (unpaired) electrons. The maximum atomic E-state index is 13.6. The van der Waals surface area contributed by atoms with Gasteiger partial charge < -0.3 is 9.80 Å². The Morgan fingerprint density at radius 1 is 1.15 bits per heavy atom. The molecule has 4 heterocycles. The number of piperazine rings is 1. The van der Waals surface area contributed by atoms with E-state index in [-0.39, 0.29) is 33.8 Å². The van der Waals surface area contributed by atoms with Crippen molar-refractivity contribution >= 4 is 43.9 Å². The van der Waals surface area contributed by atoms with Gasteiger partial charge in [-0.2, -0.15) is 5.10 Å². The number of halogens is 2. The van der Waals surface area contributed by atoms with E-state index in [0.717, 1.165) is 37.0 Å². The fraction of sp³-hybridized carbons (Fsp3) is 0.600. The second-order valence-corrected chi connectivity index (χ2v) is 14.1. The molecule has 1 saturated carbocycles. The van der Waals surface area contributed by atoms with Gasteiger partial charge in [-0.25, -0.2) is 21.9 Å². The molecule has 10 nitrogen and oxygen atoms in total. The molecular formula is C25H31F2N7O3S2. The van der Waals surface area contributed by atoms with Crippen molar-refractivity contribution in [2.45, 2.75) is 75.4 Å². The van der Waals surface area contributed by atoms with Crippen molar-refractivity contribution in [3.8, 4) is 10.7 Å². The van der Waals surface area contributed by atoms with E-state index in [1.54, 1.807) is 23.9 Å². The van der Waals surface area contributed by atoms with Crippen LogP contribution in [0.2, 0.25) is 0 Å². The van der Waals surface area contributed by atoms with Crippen molar-refractivity contribution in [1.29, 1.82) is 0 Å². The van der Waals surface area contributed by atoms with Crippen LogP contribution in [0.1, 0.15) is 57.9 Å². The number of aromatic nitrogens is 4. The molecule has 14 heteroatoms. The molecule has 1 aliphatic carbocycles. The molecule has 210 valence electrons. The molecule has 6 rings (SSSR count). The van der Waals surface area contributed by atoms with E-state index in [9.17, 15) is 22.0 Å². The number of rotatable bonds is 7. The largest absolute Gasteiger partial charge is 0.360 e. The van der Waals surface area contributed by atoms with Crippen LogP contribution >= 0.6 is 11.3 Å². The molecule has 2 aliphatic heterocycles. The highest BCUT2D eigenvalue weighted by molar-refractivity contribution is 7.89. The molecular weight excluding hydrogens is 548 g/mol. The number of hydrogen-bond donors (Lipinski definition) is 1. The van der Waals surface area contributed by atoms with Crippen molar-refractivity contribution in [1.82, 2.24) is 29.6 Å². The molecule has 2 aromatic heterocycles. The van der Waals surface area contributed by atoms with E-state index in [0.29, 0.717) is 35.4 Å². The van der Waals surface area contributed by atoms with Crippen LogP contribution in [0, 0.1) is 5.92 Å². The summed E-state index contributed by atoms with van der Waals surface area (Å²) >= 11 is 0.746. The molecule has 3 aliphatic rings. The fourth-order valence-electron chi connectivity index (χ4n) is 5.81. The van der Waals surface area contributed by atoms with Crippen LogP contribution in [-0.4, -0.2) is 69.9 Å². The van der Waals surface area contributed by atoms with Gasteiger partial charge in [0.1, 0.15) is 5.69 Å². The molecule has 1 N–H and O–H groups in total. The van der Waals surface area contributed by atoms with Gasteiger partial charge in [-0.05, 0) is 44.7 Å². The minimum absolute atomic E-state index is 0.0202. The highest BCUT2D eigenvalue weighted by Gasteiger charge is 2.44. The normalized spacial score (nSPS) is 22.5. The summed E-state index contributed by atoms with van der Waals surface area (Å²) in [6.45, 7) is 6.78. The lowest BCUT2D eigenvalue weighted by molar-refractivity contribution is -0.135. The van der Waals surface area contributed by atoms with Crippen LogP contribution in [-0.2, 0) is 21.9 Å². The van der Waals surface area contributed by atoms with Crippen LogP contribution in [0.25, 0.3) is 21.6 Å². The average molecular weight is 580 g/mol. The SMILES string of the molecule is CC(C)C(=O)N1CC2CCC(C1)N2c1cc(S(=O)(=O)NC2(C)CC2)cc2c(-c3nnc(C(F)F)s3)nn(C)c12. The molecule has 39 heavy (non-hydrogen) atoms. The Kier molecular flexibility index (Phi) is 6.23. The number of benzene rings is 1. The summed E-state index contributed by atoms with van der Waals surface area (Å²) in [4.78, 5) is 17.0. The average Bonchev–Trinajstić information content (AvgIpc) is 3.19. The first-order valence-corrected chi connectivity index (χ1v) is 15.4. The van der Waals surface area contributed by atoms with Gasteiger partial charge in [-0.1, -0.05) is 25.2 Å². The van der Waals surface area contributed by atoms with Crippen LogP contribution in [0.3, 0.4) is 0 Å². The van der Waals surface area contributed by atoms with Gasteiger partial charge in [0.05, 0.1) is 16.1 Å². The maximum Gasteiger partial charge on any atom is 0.291 e. The fourth-order valence-corrected chi connectivity index (χ4v) is 8.02. The smallest absolute Gasteiger partial charge is 0.291 e. The summed E-state index contributed by atoms with van der Waals surface area (Å²) in [5.41, 5.74) is 1.24. The molecule has 0 spiro atoms. The second kappa shape index (κ2) is 9.16. The molecule has 1 aromatic carbocycles. The van der Waals surface area contributed by atoms with E-state index in [1.165, 1.54) is 0 Å². The van der Waals surface area contributed by atoms with Gasteiger partial charge in [0.25, 0.3) is 6.43 Å². The predicted octanol–water partition coefficient (Wildman–Crippen LogP) is 3.70. The minimum Gasteiger partial charge on any atom is -0.360 e. The maximum absolute atomic E-state index is 13.6. The number of hydrogen-bond acceptors (Lipinski definition) is 8. The Bertz CT molecular complexity index is 1550. The zero-order valence-electron chi connectivity index (χ0n) is 22.2. The third-order valence-electron chi connectivity index (χ3n) is 7.98. The van der Waals surface area contributed by atoms with Gasteiger partial charge in [0.2, 0.25) is 15.9 Å². The Labute approximate surface area is 229 Å². The van der Waals surface area contributed by atoms with E-state index in [2.05, 4.69) is 24.9 Å². The van der Waals surface area contributed by atoms with Crippen LogP contribution < -0.4 is 9.62 Å². The van der Waals surface area contributed by atoms with Crippen molar-refractivity contribution in [3.63, 3.8) is 0 Å². The standard InChI is InChI=1S/C25H31F2N7O3S2/c1-13(2)24(35)33-11-14-5-6-15(12-33)34(14)18-10-16(39(36,37)31-25(3)7-8-25)9-17-19(30-32(4)20(17)18)22-28-29-23(38-22)21(26)27/h9-10,13-15,21,31H,5-8,11-12H2,1-4H3. The monoisotopic (exact) mass is 579 g/mol. The molecule has 3 fully saturated rings. The van der Waals surface area contributed by atoms with Crippen molar-refractivity contribution < 1.29 is 22.0 Å². The summed E-state index contributed by atoms with van der Waals surface area (Å²) in [5, 5.41) is 12.5. The number of carbonyl (C=O) groups is 1. The molecule has 2 saturated heterocycles. The Morgan fingerprint density at radius 3 is 2.38 bits per heavy atom.